The third-order valence-electron chi connectivity index (χ3n) is 4.20. The van der Waals surface area contributed by atoms with Gasteiger partial charge in [0, 0.05) is 23.4 Å². The van der Waals surface area contributed by atoms with E-state index in [4.69, 9.17) is 5.73 Å². The first-order chi connectivity index (χ1) is 11.4. The van der Waals surface area contributed by atoms with Crippen molar-refractivity contribution in [3.63, 3.8) is 0 Å². The Labute approximate surface area is 140 Å². The monoisotopic (exact) mass is 328 g/mol. The van der Waals surface area contributed by atoms with E-state index in [1.807, 2.05) is 6.92 Å². The van der Waals surface area contributed by atoms with Crippen LogP contribution in [0.2, 0.25) is 0 Å². The third-order valence-corrected chi connectivity index (χ3v) is 4.20. The molecule has 6 heteroatoms. The number of nitrogens with zero attached hydrogens (tertiary/aromatic N) is 3. The number of fused-ring (bicyclic) bond motifs is 1. The van der Waals surface area contributed by atoms with Crippen molar-refractivity contribution in [1.82, 2.24) is 9.55 Å². The van der Waals surface area contributed by atoms with E-state index in [1.54, 1.807) is 16.7 Å². The summed E-state index contributed by atoms with van der Waals surface area (Å²) < 4.78 is 15.7. The topological polar surface area (TPSA) is 73.3 Å². The number of anilines is 1. The van der Waals surface area contributed by atoms with Crippen LogP contribution in [-0.2, 0) is 19.4 Å². The van der Waals surface area contributed by atoms with Crippen LogP contribution in [0.25, 0.3) is 0 Å². The smallest absolute Gasteiger partial charge is 0.274 e. The molecule has 3 heterocycles. The van der Waals surface area contributed by atoms with Gasteiger partial charge < -0.3 is 10.3 Å². The Morgan fingerprint density at radius 1 is 1.38 bits per heavy atom. The molecule has 0 saturated heterocycles. The van der Waals surface area contributed by atoms with Crippen molar-refractivity contribution >= 4 is 17.1 Å². The molecule has 3 rings (SSSR count). The van der Waals surface area contributed by atoms with E-state index in [0.29, 0.717) is 30.1 Å². The van der Waals surface area contributed by atoms with E-state index in [9.17, 15) is 9.18 Å². The minimum absolute atomic E-state index is 0.199. The Morgan fingerprint density at radius 3 is 2.83 bits per heavy atom. The zero-order valence-electron chi connectivity index (χ0n) is 14.1. The van der Waals surface area contributed by atoms with E-state index in [0.717, 1.165) is 23.5 Å². The van der Waals surface area contributed by atoms with Gasteiger partial charge in [0.15, 0.2) is 0 Å². The summed E-state index contributed by atoms with van der Waals surface area (Å²) in [5.41, 5.74) is 9.23. The molecule has 0 atom stereocenters. The summed E-state index contributed by atoms with van der Waals surface area (Å²) in [6.07, 6.45) is 2.42. The summed E-state index contributed by atoms with van der Waals surface area (Å²) >= 11 is 0. The van der Waals surface area contributed by atoms with Gasteiger partial charge in [0.05, 0.1) is 29.8 Å². The number of aromatic nitrogens is 2. The number of nitrogen functional groups attached to an aromatic ring is 1. The van der Waals surface area contributed by atoms with Gasteiger partial charge in [-0.25, -0.2) is 4.39 Å². The molecule has 0 bridgehead atoms. The SMILES string of the molecule is Cc1ccc(N)c(=O)n1CC1=Nc2c(CC(C)C)ncc(F)c2C1. The normalized spacial score (nSPS) is 13.3. The number of halogens is 1. The van der Waals surface area contributed by atoms with E-state index in [2.05, 4.69) is 23.8 Å². The zero-order valence-corrected chi connectivity index (χ0v) is 14.1. The maximum atomic E-state index is 14.1. The lowest BCUT2D eigenvalue weighted by atomic mass is 10.0. The van der Waals surface area contributed by atoms with E-state index >= 15 is 0 Å². The minimum Gasteiger partial charge on any atom is -0.394 e. The van der Waals surface area contributed by atoms with Gasteiger partial charge in [-0.1, -0.05) is 13.8 Å². The van der Waals surface area contributed by atoms with Crippen LogP contribution in [0.3, 0.4) is 0 Å². The first-order valence-electron chi connectivity index (χ1n) is 8.05. The number of pyridine rings is 2. The molecule has 0 amide bonds. The number of aryl methyl sites for hydroxylation is 1. The lowest BCUT2D eigenvalue weighted by molar-refractivity contribution is 0.598. The maximum absolute atomic E-state index is 14.1. The van der Waals surface area contributed by atoms with Gasteiger partial charge in [-0.3, -0.25) is 14.8 Å². The van der Waals surface area contributed by atoms with Crippen molar-refractivity contribution in [2.24, 2.45) is 10.9 Å². The molecule has 2 aromatic rings. The largest absolute Gasteiger partial charge is 0.394 e. The summed E-state index contributed by atoms with van der Waals surface area (Å²) in [6, 6.07) is 3.40. The molecular formula is C18H21FN4O. The average molecular weight is 328 g/mol. The molecular weight excluding hydrogens is 307 g/mol. The van der Waals surface area contributed by atoms with Gasteiger partial charge in [0.25, 0.3) is 5.56 Å². The maximum Gasteiger partial charge on any atom is 0.274 e. The molecule has 0 fully saturated rings. The fraction of sp³-hybridized carbons (Fsp3) is 0.389. The molecule has 24 heavy (non-hydrogen) atoms. The molecule has 2 N–H and O–H groups in total. The van der Waals surface area contributed by atoms with Gasteiger partial charge in [-0.2, -0.15) is 0 Å². The van der Waals surface area contributed by atoms with Crippen LogP contribution in [-0.4, -0.2) is 15.3 Å². The quantitative estimate of drug-likeness (QED) is 0.938. The van der Waals surface area contributed by atoms with Crippen molar-refractivity contribution in [3.05, 3.63) is 51.5 Å². The molecule has 0 saturated carbocycles. The fourth-order valence-corrected chi connectivity index (χ4v) is 2.96. The van der Waals surface area contributed by atoms with Gasteiger partial charge >= 0.3 is 0 Å². The molecule has 1 aliphatic heterocycles. The van der Waals surface area contributed by atoms with Crippen molar-refractivity contribution in [2.45, 2.75) is 40.2 Å². The second-order valence-corrected chi connectivity index (χ2v) is 6.65. The molecule has 0 unspecified atom stereocenters. The molecule has 126 valence electrons. The number of aliphatic imine (C=N–C) groups is 1. The Balaban J connectivity index is 1.97. The third kappa shape index (κ3) is 2.96. The Kier molecular flexibility index (Phi) is 4.22. The first kappa shape index (κ1) is 16.4. The Bertz CT molecular complexity index is 883. The van der Waals surface area contributed by atoms with Gasteiger partial charge in [0.1, 0.15) is 5.82 Å². The predicted octanol–water partition coefficient (Wildman–Crippen LogP) is 2.80. The molecule has 0 radical (unpaired) electrons. The molecule has 0 aliphatic carbocycles. The summed E-state index contributed by atoms with van der Waals surface area (Å²) in [4.78, 5) is 21.0. The van der Waals surface area contributed by atoms with Gasteiger partial charge in [-0.05, 0) is 31.4 Å². The number of hydrogen-bond acceptors (Lipinski definition) is 4. The summed E-state index contributed by atoms with van der Waals surface area (Å²) in [5.74, 6) is 0.0676. The van der Waals surface area contributed by atoms with Gasteiger partial charge in [0.2, 0.25) is 0 Å². The van der Waals surface area contributed by atoms with E-state index in [1.165, 1.54) is 6.20 Å². The van der Waals surface area contributed by atoms with Crippen LogP contribution < -0.4 is 11.3 Å². The highest BCUT2D eigenvalue weighted by Gasteiger charge is 2.23. The average Bonchev–Trinajstić information content (AvgIpc) is 2.95. The second-order valence-electron chi connectivity index (χ2n) is 6.65. The van der Waals surface area contributed by atoms with Crippen molar-refractivity contribution in [2.75, 3.05) is 5.73 Å². The molecule has 2 aromatic heterocycles. The summed E-state index contributed by atoms with van der Waals surface area (Å²) in [7, 11) is 0. The van der Waals surface area contributed by atoms with E-state index in [-0.39, 0.29) is 17.1 Å². The predicted molar refractivity (Wildman–Crippen MR) is 93.4 cm³/mol. The lowest BCUT2D eigenvalue weighted by Crippen LogP contribution is -2.28. The summed E-state index contributed by atoms with van der Waals surface area (Å²) in [5, 5.41) is 0. The standard InChI is InChI=1S/C18H21FN4O/c1-10(2)6-16-17-13(14(19)8-21-16)7-12(22-17)9-23-11(3)4-5-15(20)18(23)24/h4-5,8,10H,6-7,9,20H2,1-3H3. The van der Waals surface area contributed by atoms with Crippen LogP contribution >= 0.6 is 0 Å². The van der Waals surface area contributed by atoms with Crippen LogP contribution in [0, 0.1) is 18.7 Å². The van der Waals surface area contributed by atoms with E-state index < -0.39 is 0 Å². The number of hydrogen-bond donors (Lipinski definition) is 1. The van der Waals surface area contributed by atoms with Gasteiger partial charge in [-0.15, -0.1) is 0 Å². The van der Waals surface area contributed by atoms with Crippen molar-refractivity contribution < 1.29 is 4.39 Å². The van der Waals surface area contributed by atoms with Crippen LogP contribution in [0.4, 0.5) is 15.8 Å². The van der Waals surface area contributed by atoms with Crippen LogP contribution in [0.5, 0.6) is 0 Å². The molecule has 1 aliphatic rings. The zero-order chi connectivity index (χ0) is 17.4. The lowest BCUT2D eigenvalue weighted by Gasteiger charge is -2.10. The fourth-order valence-electron chi connectivity index (χ4n) is 2.96. The van der Waals surface area contributed by atoms with Crippen LogP contribution in [0.1, 0.15) is 30.8 Å². The van der Waals surface area contributed by atoms with Crippen molar-refractivity contribution in [3.8, 4) is 0 Å². The first-order valence-corrected chi connectivity index (χ1v) is 8.05. The Morgan fingerprint density at radius 2 is 2.12 bits per heavy atom. The molecule has 0 aromatic carbocycles. The Hall–Kier alpha value is -2.50. The highest BCUT2D eigenvalue weighted by atomic mass is 19.1. The van der Waals surface area contributed by atoms with Crippen LogP contribution in [0.15, 0.2) is 28.1 Å². The minimum atomic E-state index is -0.340. The highest BCUT2D eigenvalue weighted by molar-refractivity contribution is 5.94. The summed E-state index contributed by atoms with van der Waals surface area (Å²) in [6.45, 7) is 6.33. The van der Waals surface area contributed by atoms with Crippen molar-refractivity contribution in [1.29, 1.82) is 0 Å². The number of nitrogens with two attached hydrogens (primary N) is 1. The molecule has 0 spiro atoms. The second kappa shape index (κ2) is 6.19. The highest BCUT2D eigenvalue weighted by Crippen LogP contribution is 2.33. The molecule has 5 nitrogen and oxygen atoms in total. The number of rotatable bonds is 4.